The van der Waals surface area contributed by atoms with Gasteiger partial charge in [-0.25, -0.2) is 0 Å². The van der Waals surface area contributed by atoms with E-state index >= 15 is 0 Å². The van der Waals surface area contributed by atoms with E-state index in [0.717, 1.165) is 0 Å². The first-order chi connectivity index (χ1) is 3.81. The normalized spacial score (nSPS) is 9.12. The van der Waals surface area contributed by atoms with Gasteiger partial charge in [-0.1, -0.05) is 0 Å². The van der Waals surface area contributed by atoms with Crippen LogP contribution in [-0.4, -0.2) is 18.9 Å². The van der Waals surface area contributed by atoms with E-state index in [1.54, 1.807) is 0 Å². The molecule has 4 nitrogen and oxygen atoms in total. The Balaban J connectivity index is 3.11. The van der Waals surface area contributed by atoms with E-state index in [-0.39, 0.29) is 21.4 Å². The second-order valence-corrected chi connectivity index (χ2v) is 1.50. The lowest BCUT2D eigenvalue weighted by molar-refractivity contribution is -0.139. The fourth-order valence-electron chi connectivity index (χ4n) is 0.157. The van der Waals surface area contributed by atoms with Crippen LogP contribution in [0.5, 0.6) is 0 Å². The maximum Gasteiger partial charge on any atom is 0.320 e. The number of nitrogens with two attached hydrogens (primary N) is 1. The van der Waals surface area contributed by atoms with Gasteiger partial charge in [-0.3, -0.25) is 9.36 Å². The molecule has 5 heteroatoms. The van der Waals surface area contributed by atoms with Crippen LogP contribution in [0.3, 0.4) is 0 Å². The van der Waals surface area contributed by atoms with Gasteiger partial charge in [-0.15, -0.1) is 0 Å². The molecular formula is C3H6NO3P. The molecule has 0 saturated heterocycles. The van der Waals surface area contributed by atoms with E-state index < -0.39 is 5.97 Å². The Bertz CT molecular complexity index is 94.5. The summed E-state index contributed by atoms with van der Waals surface area (Å²) >= 11 is 0. The van der Waals surface area contributed by atoms with Gasteiger partial charge < -0.3 is 10.5 Å². The average Bonchev–Trinajstić information content (AvgIpc) is 1.83. The highest BCUT2D eigenvalue weighted by atomic mass is 31.1. The second-order valence-electron chi connectivity index (χ2n) is 0.979. The van der Waals surface area contributed by atoms with Crippen LogP contribution >= 0.6 is 8.46 Å². The number of carbonyl (C=O) groups is 1. The second kappa shape index (κ2) is 4.68. The number of rotatable bonds is 3. The maximum absolute atomic E-state index is 10.1. The molecule has 0 aromatic carbocycles. The summed E-state index contributed by atoms with van der Waals surface area (Å²) in [5.41, 5.74) is 4.83. The van der Waals surface area contributed by atoms with E-state index in [4.69, 9.17) is 5.73 Å². The molecule has 0 aromatic rings. The molecular weight excluding hydrogens is 129 g/mol. The number of esters is 1. The topological polar surface area (TPSA) is 69.4 Å². The minimum Gasteiger partial charge on any atom is -0.452 e. The summed E-state index contributed by atoms with van der Waals surface area (Å²) in [6, 6.07) is 0. The first-order valence-corrected chi connectivity index (χ1v) is 2.96. The van der Waals surface area contributed by atoms with Crippen LogP contribution in [0.2, 0.25) is 0 Å². The minimum atomic E-state index is -0.534. The van der Waals surface area contributed by atoms with Crippen molar-refractivity contribution in [3.63, 3.8) is 0 Å². The Kier molecular flexibility index (Phi) is 4.41. The molecule has 0 radical (unpaired) electrons. The Labute approximate surface area is 48.2 Å². The van der Waals surface area contributed by atoms with Crippen molar-refractivity contribution in [1.29, 1.82) is 0 Å². The summed E-state index contributed by atoms with van der Waals surface area (Å²) in [6.07, 6.45) is -0.101. The van der Waals surface area contributed by atoms with Crippen LogP contribution in [0.4, 0.5) is 0 Å². The van der Waals surface area contributed by atoms with Crippen molar-refractivity contribution in [3.8, 4) is 0 Å². The van der Waals surface area contributed by atoms with Gasteiger partial charge in [-0.2, -0.15) is 0 Å². The van der Waals surface area contributed by atoms with Crippen LogP contribution in [-0.2, 0) is 14.1 Å². The highest BCUT2D eigenvalue weighted by molar-refractivity contribution is 7.23. The lowest BCUT2D eigenvalue weighted by Gasteiger charge is -1.92. The molecule has 2 N–H and O–H groups in total. The standard InChI is InChI=1S/C3H6NO3P/c4-1-3(5)7-2-8-6/h1-2,4H2. The Morgan fingerprint density at radius 3 is 2.75 bits per heavy atom. The van der Waals surface area contributed by atoms with Crippen molar-refractivity contribution in [2.24, 2.45) is 5.73 Å². The summed E-state index contributed by atoms with van der Waals surface area (Å²) in [4.78, 5) is 10.1. The van der Waals surface area contributed by atoms with Crippen LogP contribution in [0.1, 0.15) is 0 Å². The molecule has 0 aliphatic rings. The zero-order chi connectivity index (χ0) is 6.41. The lowest BCUT2D eigenvalue weighted by Crippen LogP contribution is -2.15. The molecule has 0 heterocycles. The fourth-order valence-corrected chi connectivity index (χ4v) is 0.354. The molecule has 0 amide bonds. The molecule has 0 spiro atoms. The van der Waals surface area contributed by atoms with Gasteiger partial charge in [0.05, 0.1) is 6.54 Å². The van der Waals surface area contributed by atoms with Gasteiger partial charge in [0, 0.05) is 0 Å². The first kappa shape index (κ1) is 7.53. The predicted molar refractivity (Wildman–Crippen MR) is 27.6 cm³/mol. The van der Waals surface area contributed by atoms with Crippen molar-refractivity contribution in [3.05, 3.63) is 0 Å². The SMILES string of the molecule is NCC(=O)OCP=O. The van der Waals surface area contributed by atoms with Gasteiger partial charge in [0.1, 0.15) is 0 Å². The third-order valence-corrected chi connectivity index (χ3v) is 0.679. The fraction of sp³-hybridized carbons (Fsp3) is 0.667. The summed E-state index contributed by atoms with van der Waals surface area (Å²) in [5, 5.41) is 0. The van der Waals surface area contributed by atoms with E-state index in [1.807, 2.05) is 0 Å². The zero-order valence-electron chi connectivity index (χ0n) is 4.16. The molecule has 0 saturated carbocycles. The highest BCUT2D eigenvalue weighted by Gasteiger charge is 1.94. The number of hydrogen-bond donors (Lipinski definition) is 1. The number of ether oxygens (including phenoxy) is 1. The van der Waals surface area contributed by atoms with Gasteiger partial charge in [0.2, 0.25) is 0 Å². The third-order valence-electron chi connectivity index (χ3n) is 0.445. The highest BCUT2D eigenvalue weighted by Crippen LogP contribution is 1.90. The zero-order valence-corrected chi connectivity index (χ0v) is 5.06. The smallest absolute Gasteiger partial charge is 0.320 e. The van der Waals surface area contributed by atoms with Crippen molar-refractivity contribution in [2.75, 3.05) is 12.9 Å². The molecule has 8 heavy (non-hydrogen) atoms. The number of hydrogen-bond acceptors (Lipinski definition) is 4. The van der Waals surface area contributed by atoms with Gasteiger partial charge >= 0.3 is 5.97 Å². The van der Waals surface area contributed by atoms with Crippen molar-refractivity contribution in [1.82, 2.24) is 0 Å². The monoisotopic (exact) mass is 135 g/mol. The predicted octanol–water partition coefficient (Wildman–Crippen LogP) is -0.263. The van der Waals surface area contributed by atoms with Crippen molar-refractivity contribution >= 4 is 14.4 Å². The van der Waals surface area contributed by atoms with Crippen LogP contribution in [0.25, 0.3) is 0 Å². The van der Waals surface area contributed by atoms with Crippen LogP contribution < -0.4 is 5.73 Å². The Hall–Kier alpha value is -0.470. The molecule has 0 bridgehead atoms. The van der Waals surface area contributed by atoms with Crippen LogP contribution in [0.15, 0.2) is 0 Å². The summed E-state index contributed by atoms with van der Waals surface area (Å²) in [5.74, 6) is -0.534. The molecule has 0 aliphatic carbocycles. The van der Waals surface area contributed by atoms with Crippen molar-refractivity contribution in [2.45, 2.75) is 0 Å². The van der Waals surface area contributed by atoms with E-state index in [9.17, 15) is 9.36 Å². The Morgan fingerprint density at radius 1 is 1.75 bits per heavy atom. The van der Waals surface area contributed by atoms with Gasteiger partial charge in [-0.05, 0) is 0 Å². The van der Waals surface area contributed by atoms with Crippen molar-refractivity contribution < 1.29 is 14.1 Å². The maximum atomic E-state index is 10.1. The largest absolute Gasteiger partial charge is 0.452 e. The van der Waals surface area contributed by atoms with E-state index in [0.29, 0.717) is 0 Å². The first-order valence-electron chi connectivity index (χ1n) is 1.96. The molecule has 0 aromatic heterocycles. The molecule has 0 atom stereocenters. The minimum absolute atomic E-state index is 0.101. The van der Waals surface area contributed by atoms with E-state index in [1.165, 1.54) is 0 Å². The van der Waals surface area contributed by atoms with E-state index in [2.05, 4.69) is 4.74 Å². The molecule has 0 aliphatic heterocycles. The molecule has 0 rings (SSSR count). The summed E-state index contributed by atoms with van der Waals surface area (Å²) < 4.78 is 13.9. The average molecular weight is 135 g/mol. The number of carbonyl (C=O) groups excluding carboxylic acids is 1. The van der Waals surface area contributed by atoms with Gasteiger partial charge in [0.25, 0.3) is 0 Å². The Morgan fingerprint density at radius 2 is 2.38 bits per heavy atom. The summed E-state index contributed by atoms with van der Waals surface area (Å²) in [6.45, 7) is -0.157. The lowest BCUT2D eigenvalue weighted by atomic mass is 10.7. The van der Waals surface area contributed by atoms with Crippen LogP contribution in [0, 0.1) is 0 Å². The third kappa shape index (κ3) is 3.71. The quantitative estimate of drug-likeness (QED) is 0.427. The molecule has 46 valence electrons. The summed E-state index contributed by atoms with van der Waals surface area (Å²) in [7, 11) is -0.199. The molecule has 0 fully saturated rings. The van der Waals surface area contributed by atoms with Gasteiger partial charge in [0.15, 0.2) is 14.8 Å². The molecule has 0 unspecified atom stereocenters.